The van der Waals surface area contributed by atoms with Crippen molar-refractivity contribution < 1.29 is 15.0 Å². The van der Waals surface area contributed by atoms with Crippen LogP contribution in [0.5, 0.6) is 0 Å². The molecule has 0 saturated heterocycles. The number of hydrogen-bond donors (Lipinski definition) is 3. The van der Waals surface area contributed by atoms with E-state index in [2.05, 4.69) is 43.4 Å². The molecule has 0 unspecified atom stereocenters. The van der Waals surface area contributed by atoms with E-state index < -0.39 is 6.09 Å². The van der Waals surface area contributed by atoms with Crippen molar-refractivity contribution in [3.8, 4) is 0 Å². The summed E-state index contributed by atoms with van der Waals surface area (Å²) in [6.45, 7) is 12.0. The summed E-state index contributed by atoms with van der Waals surface area (Å²) in [6.07, 6.45) is 5.73. The zero-order valence-corrected chi connectivity index (χ0v) is 16.7. The number of amides is 1. The second-order valence-corrected chi connectivity index (χ2v) is 5.34. The molecule has 0 heterocycles. The first kappa shape index (κ1) is 27.3. The van der Waals surface area contributed by atoms with Crippen LogP contribution in [0, 0.1) is 6.92 Å². The summed E-state index contributed by atoms with van der Waals surface area (Å²) in [4.78, 5) is 9.70. The van der Waals surface area contributed by atoms with Gasteiger partial charge >= 0.3 is 6.09 Å². The van der Waals surface area contributed by atoms with E-state index in [0.717, 1.165) is 7.11 Å². The maximum absolute atomic E-state index is 9.70. The van der Waals surface area contributed by atoms with Crippen LogP contribution in [0.4, 0.5) is 4.79 Å². The number of carboxylic acid groups (broad SMARTS) is 1. The molecule has 1 rings (SSSR count). The molecule has 24 heavy (non-hydrogen) atoms. The fourth-order valence-electron chi connectivity index (χ4n) is 1.88. The quantitative estimate of drug-likeness (QED) is 0.605. The smallest absolute Gasteiger partial charge is 0.404 e. The van der Waals surface area contributed by atoms with Gasteiger partial charge in [-0.1, -0.05) is 64.3 Å². The van der Waals surface area contributed by atoms with Crippen LogP contribution in [-0.2, 0) is 6.42 Å². The topological polar surface area (TPSA) is 69.6 Å². The number of aliphatic hydroxyl groups excluding tert-OH is 1. The summed E-state index contributed by atoms with van der Waals surface area (Å²) in [7, 11) is 1.00. The molecule has 142 valence electrons. The lowest BCUT2D eigenvalue weighted by atomic mass is 10.0. The van der Waals surface area contributed by atoms with Crippen molar-refractivity contribution in [2.24, 2.45) is 0 Å². The van der Waals surface area contributed by atoms with Crippen molar-refractivity contribution in [3.63, 3.8) is 0 Å². The van der Waals surface area contributed by atoms with Crippen LogP contribution < -0.4 is 5.32 Å². The van der Waals surface area contributed by atoms with E-state index in [1.54, 1.807) is 13.8 Å². The minimum atomic E-state index is -0.963. The number of carbonyl (C=O) groups is 1. The first-order valence-corrected chi connectivity index (χ1v) is 8.96. The van der Waals surface area contributed by atoms with Gasteiger partial charge in [-0.15, -0.1) is 0 Å². The molecule has 1 aromatic carbocycles. The third-order valence-electron chi connectivity index (χ3n) is 2.97. The van der Waals surface area contributed by atoms with Crippen molar-refractivity contribution in [2.75, 3.05) is 7.11 Å². The molecule has 1 amide bonds. The van der Waals surface area contributed by atoms with Crippen molar-refractivity contribution in [2.45, 2.75) is 79.7 Å². The number of nitrogens with one attached hydrogen (secondary N) is 1. The molecule has 0 bridgehead atoms. The van der Waals surface area contributed by atoms with Crippen LogP contribution in [0.2, 0.25) is 0 Å². The second-order valence-electron chi connectivity index (χ2n) is 5.34. The molecule has 4 nitrogen and oxygen atoms in total. The van der Waals surface area contributed by atoms with E-state index in [9.17, 15) is 4.79 Å². The van der Waals surface area contributed by atoms with Crippen LogP contribution >= 0.6 is 0 Å². The van der Waals surface area contributed by atoms with Gasteiger partial charge in [0.1, 0.15) is 0 Å². The Morgan fingerprint density at radius 1 is 1.08 bits per heavy atom. The maximum Gasteiger partial charge on any atom is 0.404 e. The van der Waals surface area contributed by atoms with E-state index >= 15 is 0 Å². The Hall–Kier alpha value is -1.55. The average molecular weight is 342 g/mol. The van der Waals surface area contributed by atoms with Crippen molar-refractivity contribution >= 4 is 6.09 Å². The highest BCUT2D eigenvalue weighted by Crippen LogP contribution is 2.11. The Bertz CT molecular complexity index is 379. The van der Waals surface area contributed by atoms with E-state index in [1.807, 2.05) is 13.8 Å². The number of aliphatic hydroxyl groups is 1. The highest BCUT2D eigenvalue weighted by Gasteiger charge is 1.96. The SMILES string of the molecule is CC.CC(C)NC(=O)O.CCCCCCc1ccccc1C.CO. The van der Waals surface area contributed by atoms with Crippen LogP contribution in [0.3, 0.4) is 0 Å². The van der Waals surface area contributed by atoms with Crippen molar-refractivity contribution in [3.05, 3.63) is 35.4 Å². The summed E-state index contributed by atoms with van der Waals surface area (Å²) < 4.78 is 0. The van der Waals surface area contributed by atoms with Gasteiger partial charge in [0.25, 0.3) is 0 Å². The minimum absolute atomic E-state index is 0.0255. The van der Waals surface area contributed by atoms with E-state index in [-0.39, 0.29) is 6.04 Å². The Morgan fingerprint density at radius 3 is 2.00 bits per heavy atom. The van der Waals surface area contributed by atoms with Crippen LogP contribution in [0.15, 0.2) is 24.3 Å². The fourth-order valence-corrected chi connectivity index (χ4v) is 1.88. The lowest BCUT2D eigenvalue weighted by Crippen LogP contribution is -2.27. The number of rotatable bonds is 6. The molecule has 0 aromatic heterocycles. The Kier molecular flexibility index (Phi) is 24.4. The molecule has 0 aliphatic rings. The van der Waals surface area contributed by atoms with Crippen molar-refractivity contribution in [1.29, 1.82) is 0 Å². The molecule has 0 radical (unpaired) electrons. The first-order chi connectivity index (χ1) is 11.5. The molecule has 1 aromatic rings. The zero-order chi connectivity index (χ0) is 19.4. The third kappa shape index (κ3) is 20.5. The average Bonchev–Trinajstić information content (AvgIpc) is 2.56. The molecule has 0 aliphatic heterocycles. The van der Waals surface area contributed by atoms with Gasteiger partial charge in [-0.2, -0.15) is 0 Å². The summed E-state index contributed by atoms with van der Waals surface area (Å²) in [6, 6.07) is 8.74. The molecule has 0 fully saturated rings. The molecule has 0 aliphatic carbocycles. The zero-order valence-electron chi connectivity index (χ0n) is 16.7. The Balaban J connectivity index is -0.000000341. The molecular formula is C20H39NO3. The number of aryl methyl sites for hydroxylation is 2. The Labute approximate surface area is 149 Å². The van der Waals surface area contributed by atoms with Crippen LogP contribution in [0.1, 0.15) is 71.4 Å². The van der Waals surface area contributed by atoms with E-state index in [0.29, 0.717) is 0 Å². The van der Waals surface area contributed by atoms with Gasteiger partial charge in [-0.05, 0) is 44.7 Å². The fraction of sp³-hybridized carbons (Fsp3) is 0.650. The number of benzene rings is 1. The number of unbranched alkanes of at least 4 members (excludes halogenated alkanes) is 3. The van der Waals surface area contributed by atoms with E-state index in [1.165, 1.54) is 43.2 Å². The summed E-state index contributed by atoms with van der Waals surface area (Å²) in [5.41, 5.74) is 2.97. The lowest BCUT2D eigenvalue weighted by Gasteiger charge is -2.04. The molecule has 3 N–H and O–H groups in total. The Morgan fingerprint density at radius 2 is 1.62 bits per heavy atom. The summed E-state index contributed by atoms with van der Waals surface area (Å²) in [5, 5.41) is 17.2. The second kappa shape index (κ2) is 21.4. The molecule has 4 heteroatoms. The van der Waals surface area contributed by atoms with Crippen molar-refractivity contribution in [1.82, 2.24) is 5.32 Å². The van der Waals surface area contributed by atoms with Crippen LogP contribution in [0.25, 0.3) is 0 Å². The predicted molar refractivity (Wildman–Crippen MR) is 105 cm³/mol. The third-order valence-corrected chi connectivity index (χ3v) is 2.97. The van der Waals surface area contributed by atoms with Gasteiger partial charge in [-0.25, -0.2) is 4.79 Å². The van der Waals surface area contributed by atoms with Gasteiger partial charge in [0.2, 0.25) is 0 Å². The highest BCUT2D eigenvalue weighted by atomic mass is 16.4. The largest absolute Gasteiger partial charge is 0.465 e. The monoisotopic (exact) mass is 341 g/mol. The lowest BCUT2D eigenvalue weighted by molar-refractivity contribution is 0.191. The molecule has 0 spiro atoms. The molecule has 0 saturated carbocycles. The standard InChI is InChI=1S/C13H20.C4H9NO2.C2H6.CH4O/c1-3-4-5-6-10-13-11-8-7-9-12(13)2;1-3(2)5-4(6)7;2*1-2/h7-9,11H,3-6,10H2,1-2H3;3,5H,1-2H3,(H,6,7);1-2H3;2H,1H3. The molecule has 0 atom stereocenters. The summed E-state index contributed by atoms with van der Waals surface area (Å²) >= 11 is 0. The predicted octanol–water partition coefficient (Wildman–Crippen LogP) is 5.41. The van der Waals surface area contributed by atoms with Gasteiger partial charge in [0.15, 0.2) is 0 Å². The minimum Gasteiger partial charge on any atom is -0.465 e. The van der Waals surface area contributed by atoms with Gasteiger partial charge in [0, 0.05) is 13.2 Å². The van der Waals surface area contributed by atoms with Gasteiger partial charge < -0.3 is 15.5 Å². The summed E-state index contributed by atoms with van der Waals surface area (Å²) in [5.74, 6) is 0. The maximum atomic E-state index is 9.70. The first-order valence-electron chi connectivity index (χ1n) is 8.96. The normalized spacial score (nSPS) is 8.71. The highest BCUT2D eigenvalue weighted by molar-refractivity contribution is 5.64. The molecular weight excluding hydrogens is 302 g/mol. The number of hydrogen-bond acceptors (Lipinski definition) is 2. The van der Waals surface area contributed by atoms with Gasteiger partial charge in [-0.3, -0.25) is 0 Å². The van der Waals surface area contributed by atoms with Gasteiger partial charge in [0.05, 0.1) is 0 Å². The van der Waals surface area contributed by atoms with Crippen LogP contribution in [-0.4, -0.2) is 29.5 Å². The van der Waals surface area contributed by atoms with E-state index in [4.69, 9.17) is 10.2 Å².